The highest BCUT2D eigenvalue weighted by Crippen LogP contribution is 2.42. The van der Waals surface area contributed by atoms with Gasteiger partial charge in [-0.15, -0.1) is 0 Å². The van der Waals surface area contributed by atoms with E-state index in [4.69, 9.17) is 11.6 Å². The van der Waals surface area contributed by atoms with Crippen LogP contribution in [0.15, 0.2) is 24.3 Å². The number of nitrogens with one attached hydrogen (secondary N) is 2. The Hall–Kier alpha value is -1.64. The van der Waals surface area contributed by atoms with Crippen LogP contribution >= 0.6 is 11.6 Å². The first-order valence-corrected chi connectivity index (χ1v) is 5.73. The van der Waals surface area contributed by atoms with Gasteiger partial charge in [-0.1, -0.05) is 17.7 Å². The Balaban J connectivity index is 2.93. The Bertz CT molecular complexity index is 514. The fourth-order valence-corrected chi connectivity index (χ4v) is 1.45. The first-order valence-electron chi connectivity index (χ1n) is 5.35. The number of halogens is 7. The van der Waals surface area contributed by atoms with Crippen LogP contribution in [0.5, 0.6) is 0 Å². The maximum atomic E-state index is 12.6. The predicted octanol–water partition coefficient (Wildman–Crippen LogP) is 4.34. The molecule has 0 bridgehead atoms. The Kier molecular flexibility index (Phi) is 4.66. The van der Waals surface area contributed by atoms with Gasteiger partial charge in [-0.05, 0) is 25.1 Å². The van der Waals surface area contributed by atoms with Gasteiger partial charge in [-0.2, -0.15) is 26.3 Å². The molecule has 0 heterocycles. The number of hydrogen-bond acceptors (Lipinski definition) is 1. The van der Waals surface area contributed by atoms with Crippen LogP contribution in [0.25, 0.3) is 0 Å². The molecule has 0 aliphatic rings. The molecular formula is C11H9ClF6N2O. The Labute approximate surface area is 120 Å². The second-order valence-corrected chi connectivity index (χ2v) is 4.65. The number of carbonyl (C=O) groups excluding carboxylic acids is 1. The summed E-state index contributed by atoms with van der Waals surface area (Å²) in [5, 5.41) is 2.90. The Morgan fingerprint density at radius 3 is 2.05 bits per heavy atom. The molecule has 0 saturated heterocycles. The summed E-state index contributed by atoms with van der Waals surface area (Å²) in [6.45, 7) is -0.162. The van der Waals surface area contributed by atoms with Crippen LogP contribution in [0.1, 0.15) is 6.92 Å². The number of carbonyl (C=O) groups is 1. The summed E-state index contributed by atoms with van der Waals surface area (Å²) in [7, 11) is 0. The molecule has 118 valence electrons. The van der Waals surface area contributed by atoms with Gasteiger partial charge in [-0.25, -0.2) is 4.79 Å². The molecule has 1 rings (SSSR count). The summed E-state index contributed by atoms with van der Waals surface area (Å²) >= 11 is 5.57. The van der Waals surface area contributed by atoms with E-state index in [1.807, 2.05) is 5.32 Å². The van der Waals surface area contributed by atoms with E-state index in [2.05, 4.69) is 0 Å². The van der Waals surface area contributed by atoms with Gasteiger partial charge in [0.2, 0.25) is 5.54 Å². The van der Waals surface area contributed by atoms with Crippen molar-refractivity contribution < 1.29 is 31.1 Å². The third-order valence-corrected chi connectivity index (χ3v) is 2.82. The maximum absolute atomic E-state index is 12.6. The lowest BCUT2D eigenvalue weighted by Gasteiger charge is -2.34. The molecule has 1 aromatic carbocycles. The van der Waals surface area contributed by atoms with Gasteiger partial charge in [0.15, 0.2) is 0 Å². The molecule has 0 atom stereocenters. The third-order valence-electron chi connectivity index (χ3n) is 2.58. The molecule has 0 saturated carbocycles. The maximum Gasteiger partial charge on any atom is 0.420 e. The van der Waals surface area contributed by atoms with Gasteiger partial charge in [0.25, 0.3) is 0 Å². The number of rotatable bonds is 2. The summed E-state index contributed by atoms with van der Waals surface area (Å²) in [4.78, 5) is 11.4. The van der Waals surface area contributed by atoms with Gasteiger partial charge in [0.1, 0.15) is 0 Å². The first kappa shape index (κ1) is 17.4. The van der Waals surface area contributed by atoms with Gasteiger partial charge < -0.3 is 10.6 Å². The minimum atomic E-state index is -5.71. The number of amides is 2. The van der Waals surface area contributed by atoms with Crippen molar-refractivity contribution in [1.29, 1.82) is 0 Å². The normalized spacial score (nSPS) is 13.0. The van der Waals surface area contributed by atoms with Crippen molar-refractivity contribution in [3.63, 3.8) is 0 Å². The summed E-state index contributed by atoms with van der Waals surface area (Å²) in [5.41, 5.74) is -4.42. The number of benzene rings is 1. The molecule has 0 aliphatic heterocycles. The molecule has 10 heteroatoms. The van der Waals surface area contributed by atoms with Gasteiger partial charge in [0, 0.05) is 10.7 Å². The molecular weight excluding hydrogens is 326 g/mol. The lowest BCUT2D eigenvalue weighted by Crippen LogP contribution is -2.66. The topological polar surface area (TPSA) is 41.1 Å². The van der Waals surface area contributed by atoms with E-state index in [1.54, 1.807) is 0 Å². The van der Waals surface area contributed by atoms with E-state index >= 15 is 0 Å². The van der Waals surface area contributed by atoms with Crippen molar-refractivity contribution in [2.45, 2.75) is 24.8 Å². The molecule has 0 aliphatic carbocycles. The van der Waals surface area contributed by atoms with E-state index in [-0.39, 0.29) is 17.6 Å². The fourth-order valence-electron chi connectivity index (χ4n) is 1.26. The molecule has 0 aromatic heterocycles. The molecule has 0 fully saturated rings. The minimum absolute atomic E-state index is 0.0494. The van der Waals surface area contributed by atoms with Crippen LogP contribution in [0.2, 0.25) is 5.02 Å². The Morgan fingerprint density at radius 2 is 1.62 bits per heavy atom. The van der Waals surface area contributed by atoms with Crippen molar-refractivity contribution in [1.82, 2.24) is 5.32 Å². The predicted molar refractivity (Wildman–Crippen MR) is 64.1 cm³/mol. The highest BCUT2D eigenvalue weighted by molar-refractivity contribution is 6.30. The molecule has 2 N–H and O–H groups in total. The highest BCUT2D eigenvalue weighted by atomic mass is 35.5. The van der Waals surface area contributed by atoms with E-state index in [0.29, 0.717) is 0 Å². The zero-order chi connectivity index (χ0) is 16.5. The van der Waals surface area contributed by atoms with E-state index in [1.165, 1.54) is 24.3 Å². The summed E-state index contributed by atoms with van der Waals surface area (Å²) in [6, 6.07) is 3.54. The van der Waals surface area contributed by atoms with Crippen molar-refractivity contribution in [2.75, 3.05) is 5.32 Å². The van der Waals surface area contributed by atoms with E-state index < -0.39 is 23.9 Å². The minimum Gasteiger partial charge on any atom is -0.316 e. The average Bonchev–Trinajstić information content (AvgIpc) is 2.25. The van der Waals surface area contributed by atoms with Gasteiger partial charge in [0.05, 0.1) is 0 Å². The van der Waals surface area contributed by atoms with Crippen LogP contribution < -0.4 is 10.6 Å². The number of hydrogen-bond donors (Lipinski definition) is 2. The van der Waals surface area contributed by atoms with Crippen molar-refractivity contribution in [3.05, 3.63) is 29.3 Å². The van der Waals surface area contributed by atoms with Crippen molar-refractivity contribution in [2.24, 2.45) is 0 Å². The van der Waals surface area contributed by atoms with Crippen LogP contribution in [0, 0.1) is 0 Å². The molecule has 21 heavy (non-hydrogen) atoms. The molecule has 1 aromatic rings. The van der Waals surface area contributed by atoms with Crippen LogP contribution in [-0.2, 0) is 0 Å². The standard InChI is InChI=1S/C11H9ClF6N2O/c1-9(10(13,14)15,11(16,17)18)20-8(21)19-7-4-2-3-6(12)5-7/h2-5H,1H3,(H2,19,20,21). The van der Waals surface area contributed by atoms with E-state index in [9.17, 15) is 31.1 Å². The number of urea groups is 1. The largest absolute Gasteiger partial charge is 0.420 e. The SMILES string of the molecule is CC(NC(=O)Nc1cccc(Cl)c1)(C(F)(F)F)C(F)(F)F. The summed E-state index contributed by atoms with van der Waals surface area (Å²) in [6.07, 6.45) is -11.4. The Morgan fingerprint density at radius 1 is 1.10 bits per heavy atom. The lowest BCUT2D eigenvalue weighted by atomic mass is 10.0. The molecule has 0 radical (unpaired) electrons. The molecule has 0 unspecified atom stereocenters. The van der Waals surface area contributed by atoms with Crippen LogP contribution in [0.4, 0.5) is 36.8 Å². The highest BCUT2D eigenvalue weighted by Gasteiger charge is 2.68. The van der Waals surface area contributed by atoms with Crippen molar-refractivity contribution >= 4 is 23.3 Å². The zero-order valence-corrected chi connectivity index (χ0v) is 11.1. The van der Waals surface area contributed by atoms with E-state index in [0.717, 1.165) is 5.32 Å². The quantitative estimate of drug-likeness (QED) is 0.776. The monoisotopic (exact) mass is 334 g/mol. The fraction of sp³-hybridized carbons (Fsp3) is 0.364. The zero-order valence-electron chi connectivity index (χ0n) is 10.4. The molecule has 0 spiro atoms. The number of anilines is 1. The average molecular weight is 335 g/mol. The number of alkyl halides is 6. The molecule has 2 amide bonds. The lowest BCUT2D eigenvalue weighted by molar-refractivity contribution is -0.297. The first-order chi connectivity index (χ1) is 9.37. The third kappa shape index (κ3) is 3.93. The second kappa shape index (κ2) is 5.63. The summed E-state index contributed by atoms with van der Waals surface area (Å²) in [5.74, 6) is 0. The van der Waals surface area contributed by atoms with Crippen molar-refractivity contribution in [3.8, 4) is 0 Å². The molecule has 3 nitrogen and oxygen atoms in total. The van der Waals surface area contributed by atoms with Crippen LogP contribution in [-0.4, -0.2) is 23.9 Å². The van der Waals surface area contributed by atoms with Crippen LogP contribution in [0.3, 0.4) is 0 Å². The second-order valence-electron chi connectivity index (χ2n) is 4.21. The van der Waals surface area contributed by atoms with Gasteiger partial charge >= 0.3 is 18.4 Å². The summed E-state index contributed by atoms with van der Waals surface area (Å²) < 4.78 is 75.5. The smallest absolute Gasteiger partial charge is 0.316 e. The van der Waals surface area contributed by atoms with Gasteiger partial charge in [-0.3, -0.25) is 0 Å².